The maximum absolute atomic E-state index is 4.08. The minimum Gasteiger partial charge on any atom is -0.244 e. The van der Waals surface area contributed by atoms with Crippen LogP contribution in [0.5, 0.6) is 0 Å². The molecule has 0 saturated heterocycles. The molecule has 0 aromatic carbocycles. The largest absolute Gasteiger partial charge is 0.244 e. The molecule has 0 amide bonds. The molecule has 0 saturated carbocycles. The highest BCUT2D eigenvalue weighted by molar-refractivity contribution is 5.64. The highest BCUT2D eigenvalue weighted by Crippen LogP contribution is 2.09. The summed E-state index contributed by atoms with van der Waals surface area (Å²) in [5, 5.41) is 0. The summed E-state index contributed by atoms with van der Waals surface area (Å²) in [6.07, 6.45) is 10.9. The second-order valence-corrected chi connectivity index (χ2v) is 2.20. The topological polar surface area (TPSA) is 25.8 Å². The van der Waals surface area contributed by atoms with Crippen LogP contribution < -0.4 is 0 Å². The number of fused-ring (bicyclic) bond motifs is 1. The Morgan fingerprint density at radius 3 is 2.60 bits per heavy atom. The zero-order chi connectivity index (χ0) is 11.5. The van der Waals surface area contributed by atoms with Crippen molar-refractivity contribution < 1.29 is 0 Å². The lowest BCUT2D eigenvalue weighted by atomic mass is 10.2. The summed E-state index contributed by atoms with van der Waals surface area (Å²) in [5.41, 5.74) is 4.93. The van der Waals surface area contributed by atoms with Crippen molar-refractivity contribution in [3.05, 3.63) is 41.7 Å². The summed E-state index contributed by atoms with van der Waals surface area (Å²) >= 11 is 0. The molecule has 2 rings (SSSR count). The number of hydrogen-bond donors (Lipinski definition) is 0. The molecular weight excluding hydrogens is 184 g/mol. The third-order valence-corrected chi connectivity index (χ3v) is 1.46. The molecule has 0 atom stereocenters. The Kier molecular flexibility index (Phi) is 7.93. The van der Waals surface area contributed by atoms with Crippen LogP contribution in [0.25, 0.3) is 12.2 Å². The van der Waals surface area contributed by atoms with Gasteiger partial charge < -0.3 is 0 Å². The molecule has 0 spiro atoms. The molecule has 1 aromatic rings. The van der Waals surface area contributed by atoms with E-state index in [1.54, 1.807) is 6.20 Å². The van der Waals surface area contributed by atoms with Gasteiger partial charge in [0.15, 0.2) is 0 Å². The normalized spacial score (nSPS) is 10.1. The van der Waals surface area contributed by atoms with Crippen molar-refractivity contribution in [1.82, 2.24) is 9.97 Å². The first-order valence-corrected chi connectivity index (χ1v) is 5.36. The Morgan fingerprint density at radius 2 is 1.87 bits per heavy atom. The van der Waals surface area contributed by atoms with Crippen LogP contribution in [0, 0.1) is 0 Å². The van der Waals surface area contributed by atoms with Crippen LogP contribution in [0.15, 0.2) is 30.4 Å². The van der Waals surface area contributed by atoms with Gasteiger partial charge in [0, 0.05) is 17.8 Å². The highest BCUT2D eigenvalue weighted by atomic mass is 14.8. The Bertz CT molecular complexity index is 359. The number of nitrogens with zero attached hydrogens (tertiary/aromatic N) is 2. The molecule has 0 aliphatic heterocycles. The van der Waals surface area contributed by atoms with Crippen molar-refractivity contribution in [2.45, 2.75) is 27.7 Å². The van der Waals surface area contributed by atoms with Crippen molar-refractivity contribution in [2.24, 2.45) is 0 Å². The van der Waals surface area contributed by atoms with Gasteiger partial charge in [-0.1, -0.05) is 39.8 Å². The van der Waals surface area contributed by atoms with Crippen LogP contribution >= 0.6 is 0 Å². The van der Waals surface area contributed by atoms with E-state index in [2.05, 4.69) is 15.7 Å². The van der Waals surface area contributed by atoms with Crippen LogP contribution in [0.3, 0.4) is 0 Å². The lowest BCUT2D eigenvalue weighted by Gasteiger charge is -1.93. The molecule has 2 nitrogen and oxygen atoms in total. The van der Waals surface area contributed by atoms with Crippen LogP contribution in [-0.4, -0.2) is 9.97 Å². The van der Waals surface area contributed by atoms with E-state index in [0.717, 1.165) is 11.3 Å². The van der Waals surface area contributed by atoms with Gasteiger partial charge in [-0.25, -0.2) is 9.97 Å². The van der Waals surface area contributed by atoms with Crippen LogP contribution in [0.2, 0.25) is 0 Å². The standard InChI is InChI=1S/C9H6N2.2C2H6/c1-2-4-8-6-10-7-11-9(8)5-3-1;2*1-2/h1-2,4-7H;2*1-2H3. The van der Waals surface area contributed by atoms with E-state index in [1.165, 1.54) is 6.33 Å². The molecule has 1 aromatic heterocycles. The molecule has 0 N–H and O–H groups in total. The van der Waals surface area contributed by atoms with E-state index in [9.17, 15) is 0 Å². The third-order valence-electron chi connectivity index (χ3n) is 1.46. The van der Waals surface area contributed by atoms with Gasteiger partial charge in [-0.05, 0) is 6.08 Å². The fourth-order valence-electron chi connectivity index (χ4n) is 0.933. The van der Waals surface area contributed by atoms with Gasteiger partial charge in [-0.2, -0.15) is 0 Å². The van der Waals surface area contributed by atoms with Crippen LogP contribution in [-0.2, 0) is 0 Å². The first-order valence-electron chi connectivity index (χ1n) is 5.36. The summed E-state index contributed by atoms with van der Waals surface area (Å²) in [6.45, 7) is 8.00. The lowest BCUT2D eigenvalue weighted by molar-refractivity contribution is 1.14. The predicted molar refractivity (Wildman–Crippen MR) is 66.3 cm³/mol. The average Bonchev–Trinajstić information content (AvgIpc) is 2.59. The Balaban J connectivity index is 0.000000442. The van der Waals surface area contributed by atoms with Crippen molar-refractivity contribution in [3.8, 4) is 0 Å². The van der Waals surface area contributed by atoms with Gasteiger partial charge in [0.2, 0.25) is 0 Å². The van der Waals surface area contributed by atoms with E-state index in [-0.39, 0.29) is 0 Å². The maximum Gasteiger partial charge on any atom is 0.116 e. The number of rotatable bonds is 0. The van der Waals surface area contributed by atoms with Crippen molar-refractivity contribution in [1.29, 1.82) is 0 Å². The van der Waals surface area contributed by atoms with Gasteiger partial charge in [0.25, 0.3) is 0 Å². The van der Waals surface area contributed by atoms with Crippen LogP contribution in [0.1, 0.15) is 39.0 Å². The minimum atomic E-state index is 0.921. The second-order valence-electron chi connectivity index (χ2n) is 2.20. The summed E-state index contributed by atoms with van der Waals surface area (Å²) in [7, 11) is 0. The van der Waals surface area contributed by atoms with Crippen LogP contribution in [0.4, 0.5) is 0 Å². The number of hydrogen-bond acceptors (Lipinski definition) is 2. The number of allylic oxidation sites excluding steroid dienone is 2. The van der Waals surface area contributed by atoms with Crippen molar-refractivity contribution in [2.75, 3.05) is 0 Å². The van der Waals surface area contributed by atoms with Gasteiger partial charge >= 0.3 is 0 Å². The fourth-order valence-corrected chi connectivity index (χ4v) is 0.933. The van der Waals surface area contributed by atoms with Gasteiger partial charge in [-0.15, -0.1) is 5.73 Å². The molecule has 80 valence electrons. The van der Waals surface area contributed by atoms with Gasteiger partial charge in [0.1, 0.15) is 6.33 Å². The molecular formula is C13H18N2. The SMILES string of the molecule is C1=CC=Cc2cncnc2C=1.CC.CC. The van der Waals surface area contributed by atoms with E-state index in [4.69, 9.17) is 0 Å². The predicted octanol–water partition coefficient (Wildman–Crippen LogP) is 3.72. The summed E-state index contributed by atoms with van der Waals surface area (Å²) < 4.78 is 0. The van der Waals surface area contributed by atoms with E-state index in [1.807, 2.05) is 52.0 Å². The minimum absolute atomic E-state index is 0.921. The molecule has 0 fully saturated rings. The smallest absolute Gasteiger partial charge is 0.116 e. The van der Waals surface area contributed by atoms with Gasteiger partial charge in [0.05, 0.1) is 5.69 Å². The van der Waals surface area contributed by atoms with Crippen molar-refractivity contribution in [3.63, 3.8) is 0 Å². The zero-order valence-electron chi connectivity index (χ0n) is 9.86. The molecule has 0 bridgehead atoms. The maximum atomic E-state index is 4.08. The Hall–Kier alpha value is -1.66. The summed E-state index contributed by atoms with van der Waals surface area (Å²) in [4.78, 5) is 7.99. The molecule has 1 aliphatic carbocycles. The Morgan fingerprint density at radius 1 is 1.13 bits per heavy atom. The fraction of sp³-hybridized carbons (Fsp3) is 0.308. The molecule has 1 aliphatic rings. The molecule has 0 radical (unpaired) electrons. The number of aromatic nitrogens is 2. The van der Waals surface area contributed by atoms with Gasteiger partial charge in [-0.3, -0.25) is 0 Å². The third kappa shape index (κ3) is 4.39. The zero-order valence-corrected chi connectivity index (χ0v) is 9.86. The quantitative estimate of drug-likeness (QED) is 0.599. The Labute approximate surface area is 92.1 Å². The van der Waals surface area contributed by atoms with E-state index in [0.29, 0.717) is 0 Å². The second kappa shape index (κ2) is 8.92. The molecule has 2 heteroatoms. The molecule has 1 heterocycles. The highest BCUT2D eigenvalue weighted by Gasteiger charge is 1.96. The summed E-state index contributed by atoms with van der Waals surface area (Å²) in [6, 6.07) is 0. The van der Waals surface area contributed by atoms with E-state index < -0.39 is 0 Å². The first-order chi connectivity index (χ1) is 7.47. The molecule has 15 heavy (non-hydrogen) atoms. The van der Waals surface area contributed by atoms with Crippen molar-refractivity contribution >= 4 is 12.2 Å². The average molecular weight is 202 g/mol. The monoisotopic (exact) mass is 202 g/mol. The molecule has 0 unspecified atom stereocenters. The van der Waals surface area contributed by atoms with E-state index >= 15 is 0 Å². The lowest BCUT2D eigenvalue weighted by Crippen LogP contribution is -1.86. The summed E-state index contributed by atoms with van der Waals surface area (Å²) in [5.74, 6) is 0. The first kappa shape index (κ1) is 13.3.